The average molecular weight is 514 g/mol. The molecule has 7 heteroatoms. The van der Waals surface area contributed by atoms with Crippen molar-refractivity contribution in [3.63, 3.8) is 0 Å². The van der Waals surface area contributed by atoms with Crippen molar-refractivity contribution in [3.05, 3.63) is 51.7 Å². The summed E-state index contributed by atoms with van der Waals surface area (Å²) in [6, 6.07) is 10.0. The van der Waals surface area contributed by atoms with Crippen LogP contribution >= 0.6 is 35.3 Å². The summed E-state index contributed by atoms with van der Waals surface area (Å²) in [4.78, 5) is 18.1. The highest BCUT2D eigenvalue weighted by molar-refractivity contribution is 14.0. The zero-order chi connectivity index (χ0) is 19.6. The van der Waals surface area contributed by atoms with Crippen molar-refractivity contribution in [2.45, 2.75) is 47.2 Å². The lowest BCUT2D eigenvalue weighted by molar-refractivity contribution is -0.119. The highest BCUT2D eigenvalue weighted by Crippen LogP contribution is 2.15. The first kappa shape index (κ1) is 24.4. The topological polar surface area (TPSA) is 65.5 Å². The number of carbonyl (C=O) groups is 1. The molecule has 0 bridgehead atoms. The van der Waals surface area contributed by atoms with Gasteiger partial charge in [-0.15, -0.1) is 35.3 Å². The van der Waals surface area contributed by atoms with Gasteiger partial charge in [-0.1, -0.05) is 26.0 Å². The maximum absolute atomic E-state index is 12.1. The van der Waals surface area contributed by atoms with Crippen molar-refractivity contribution in [2.24, 2.45) is 10.9 Å². The molecule has 0 fully saturated rings. The molecule has 1 atom stereocenters. The lowest BCUT2D eigenvalue weighted by atomic mass is 10.1. The van der Waals surface area contributed by atoms with E-state index in [1.54, 1.807) is 11.3 Å². The molecule has 3 N–H and O–H groups in total. The highest BCUT2D eigenvalue weighted by atomic mass is 127. The number of carbonyl (C=O) groups excluding carboxylic acids is 1. The molecule has 28 heavy (non-hydrogen) atoms. The number of thiophene rings is 1. The molecule has 0 aliphatic rings. The van der Waals surface area contributed by atoms with Crippen molar-refractivity contribution >= 4 is 52.9 Å². The zero-order valence-corrected chi connectivity index (χ0v) is 20.2. The summed E-state index contributed by atoms with van der Waals surface area (Å²) in [6.45, 7) is 10.2. The number of hydrogen-bond donors (Lipinski definition) is 3. The number of amides is 1. The predicted octanol–water partition coefficient (Wildman–Crippen LogP) is 4.91. The van der Waals surface area contributed by atoms with Gasteiger partial charge in [-0.05, 0) is 55.0 Å². The van der Waals surface area contributed by atoms with E-state index in [1.165, 1.54) is 10.4 Å². The van der Waals surface area contributed by atoms with Gasteiger partial charge in [0.25, 0.3) is 0 Å². The minimum Gasteiger partial charge on any atom is -0.357 e. The molecule has 1 amide bonds. The highest BCUT2D eigenvalue weighted by Gasteiger charge is 2.10. The Kier molecular flexibility index (Phi) is 11.1. The lowest BCUT2D eigenvalue weighted by Crippen LogP contribution is -2.36. The number of halogens is 1. The van der Waals surface area contributed by atoms with Gasteiger partial charge in [0.2, 0.25) is 5.91 Å². The fraction of sp³-hybridized carbons (Fsp3) is 0.429. The first-order valence-electron chi connectivity index (χ1n) is 9.48. The number of rotatable bonds is 8. The minimum absolute atomic E-state index is 0. The molecule has 1 aromatic carbocycles. The van der Waals surface area contributed by atoms with E-state index >= 15 is 0 Å². The maximum atomic E-state index is 12.1. The smallest absolute Gasteiger partial charge is 0.227 e. The molecule has 5 nitrogen and oxygen atoms in total. The van der Waals surface area contributed by atoms with Crippen molar-refractivity contribution in [2.75, 3.05) is 11.9 Å². The largest absolute Gasteiger partial charge is 0.357 e. The molecule has 0 radical (unpaired) electrons. The van der Waals surface area contributed by atoms with Crippen LogP contribution in [0.2, 0.25) is 0 Å². The van der Waals surface area contributed by atoms with E-state index < -0.39 is 0 Å². The Hall–Kier alpha value is -1.61. The molecule has 2 rings (SSSR count). The molecule has 0 spiro atoms. The first-order chi connectivity index (χ1) is 13.0. The lowest BCUT2D eigenvalue weighted by Gasteiger charge is -2.12. The summed E-state index contributed by atoms with van der Waals surface area (Å²) in [5.41, 5.74) is 3.18. The molecule has 154 valence electrons. The predicted molar refractivity (Wildman–Crippen MR) is 131 cm³/mol. The summed E-state index contributed by atoms with van der Waals surface area (Å²) in [7, 11) is 0. The van der Waals surface area contributed by atoms with Crippen molar-refractivity contribution in [3.8, 4) is 0 Å². The number of aliphatic imine (C=N–C) groups is 1. The van der Waals surface area contributed by atoms with Crippen molar-refractivity contribution < 1.29 is 4.79 Å². The normalized spacial score (nSPS) is 12.1. The van der Waals surface area contributed by atoms with E-state index in [0.717, 1.165) is 36.7 Å². The number of benzene rings is 1. The third-order valence-corrected chi connectivity index (χ3v) is 5.43. The fourth-order valence-electron chi connectivity index (χ4n) is 2.46. The van der Waals surface area contributed by atoms with Gasteiger partial charge in [-0.2, -0.15) is 0 Å². The van der Waals surface area contributed by atoms with Gasteiger partial charge in [-0.3, -0.25) is 4.79 Å². The molecule has 1 heterocycles. The van der Waals surface area contributed by atoms with Crippen LogP contribution < -0.4 is 16.0 Å². The van der Waals surface area contributed by atoms with E-state index in [1.807, 2.05) is 38.1 Å². The summed E-state index contributed by atoms with van der Waals surface area (Å²) in [5.74, 6) is 0.857. The summed E-state index contributed by atoms with van der Waals surface area (Å²) in [6.07, 6.45) is 0.831. The third-order valence-electron chi connectivity index (χ3n) is 4.40. The number of anilines is 1. The molecular weight excluding hydrogens is 483 g/mol. The number of nitrogens with one attached hydrogen (secondary N) is 3. The standard InChI is InChI=1S/C21H30N4OS.HI/c1-5-15(3)20(26)25-18-9-7-8-17(12-18)13-23-21(22-6-2)24-14-19-16(4)10-11-27-19;/h7-12,15H,5-6,13-14H2,1-4H3,(H,25,26)(H2,22,23,24);1H. The fourth-order valence-corrected chi connectivity index (χ4v) is 3.31. The SMILES string of the molecule is CCNC(=NCc1cccc(NC(=O)C(C)CC)c1)NCc1sccc1C.I. The molecule has 1 aromatic heterocycles. The van der Waals surface area contributed by atoms with Gasteiger partial charge in [0.05, 0.1) is 13.1 Å². The average Bonchev–Trinajstić information content (AvgIpc) is 3.08. The van der Waals surface area contributed by atoms with Gasteiger partial charge >= 0.3 is 0 Å². The minimum atomic E-state index is 0. The van der Waals surface area contributed by atoms with Crippen LogP contribution in [0.15, 0.2) is 40.7 Å². The van der Waals surface area contributed by atoms with Crippen LogP contribution in [0, 0.1) is 12.8 Å². The Bertz CT molecular complexity index is 775. The van der Waals surface area contributed by atoms with E-state index in [2.05, 4.69) is 46.2 Å². The molecule has 0 saturated heterocycles. The van der Waals surface area contributed by atoms with E-state index in [9.17, 15) is 4.79 Å². The van der Waals surface area contributed by atoms with E-state index in [0.29, 0.717) is 6.54 Å². The number of hydrogen-bond acceptors (Lipinski definition) is 3. The van der Waals surface area contributed by atoms with Gasteiger partial charge < -0.3 is 16.0 Å². The Morgan fingerprint density at radius 3 is 2.64 bits per heavy atom. The Morgan fingerprint density at radius 2 is 2.00 bits per heavy atom. The quantitative estimate of drug-likeness (QED) is 0.266. The number of guanidine groups is 1. The van der Waals surface area contributed by atoms with Gasteiger partial charge in [0.1, 0.15) is 0 Å². The second-order valence-electron chi connectivity index (χ2n) is 6.57. The summed E-state index contributed by atoms with van der Waals surface area (Å²) in [5, 5.41) is 11.7. The summed E-state index contributed by atoms with van der Waals surface area (Å²) >= 11 is 1.75. The van der Waals surface area contributed by atoms with Crippen LogP contribution in [0.5, 0.6) is 0 Å². The van der Waals surface area contributed by atoms with Crippen LogP contribution in [-0.2, 0) is 17.9 Å². The molecular formula is C21H31IN4OS. The van der Waals surface area contributed by atoms with Gasteiger partial charge in [-0.25, -0.2) is 4.99 Å². The van der Waals surface area contributed by atoms with Crippen LogP contribution in [0.25, 0.3) is 0 Å². The second kappa shape index (κ2) is 12.8. The molecule has 1 unspecified atom stereocenters. The van der Waals surface area contributed by atoms with Crippen LogP contribution in [0.4, 0.5) is 5.69 Å². The molecule has 0 saturated carbocycles. The number of nitrogens with zero attached hydrogens (tertiary/aromatic N) is 1. The number of aryl methyl sites for hydroxylation is 1. The Morgan fingerprint density at radius 1 is 1.21 bits per heavy atom. The van der Waals surface area contributed by atoms with Gasteiger partial charge in [0, 0.05) is 23.0 Å². The summed E-state index contributed by atoms with van der Waals surface area (Å²) < 4.78 is 0. The second-order valence-corrected chi connectivity index (χ2v) is 7.58. The van der Waals surface area contributed by atoms with Crippen LogP contribution in [-0.4, -0.2) is 18.4 Å². The van der Waals surface area contributed by atoms with Gasteiger partial charge in [0.15, 0.2) is 5.96 Å². The van der Waals surface area contributed by atoms with Crippen molar-refractivity contribution in [1.82, 2.24) is 10.6 Å². The van der Waals surface area contributed by atoms with E-state index in [-0.39, 0.29) is 35.8 Å². The maximum Gasteiger partial charge on any atom is 0.227 e. The Labute approximate surface area is 189 Å². The van der Waals surface area contributed by atoms with Crippen LogP contribution in [0.1, 0.15) is 43.2 Å². The first-order valence-corrected chi connectivity index (χ1v) is 10.4. The molecule has 0 aliphatic heterocycles. The Balaban J connectivity index is 0.00000392. The molecule has 2 aromatic rings. The van der Waals surface area contributed by atoms with Crippen molar-refractivity contribution in [1.29, 1.82) is 0 Å². The third kappa shape index (κ3) is 7.79. The monoisotopic (exact) mass is 514 g/mol. The van der Waals surface area contributed by atoms with Crippen LogP contribution in [0.3, 0.4) is 0 Å². The zero-order valence-electron chi connectivity index (χ0n) is 17.0. The van der Waals surface area contributed by atoms with E-state index in [4.69, 9.17) is 0 Å². The molecule has 0 aliphatic carbocycles.